The van der Waals surface area contributed by atoms with Crippen LogP contribution in [0.3, 0.4) is 0 Å². The highest BCUT2D eigenvalue weighted by atomic mass is 32.2. The maximum Gasteiger partial charge on any atom is 0.279 e. The summed E-state index contributed by atoms with van der Waals surface area (Å²) in [4.78, 5) is 12.7. The maximum absolute atomic E-state index is 12.7. The van der Waals surface area contributed by atoms with Gasteiger partial charge in [-0.1, -0.05) is 31.0 Å². The standard InChI is InChI=1S/C16H22N4O3S/c1-19(2)24(22,23)17-11-15-13-9-5-6-10-14(13)16(21)20(18-15)12-7-3-4-8-12/h5-6,9-10,12,17H,3-4,7-8,11H2,1-2H3. The van der Waals surface area contributed by atoms with Crippen molar-refractivity contribution in [3.63, 3.8) is 0 Å². The third-order valence-electron chi connectivity index (χ3n) is 4.48. The van der Waals surface area contributed by atoms with E-state index in [1.807, 2.05) is 18.2 Å². The van der Waals surface area contributed by atoms with Gasteiger partial charge in [0, 0.05) is 19.5 Å². The highest BCUT2D eigenvalue weighted by Crippen LogP contribution is 2.28. The number of aromatic nitrogens is 2. The van der Waals surface area contributed by atoms with Crippen molar-refractivity contribution in [2.45, 2.75) is 38.3 Å². The Hall–Kier alpha value is -1.77. The van der Waals surface area contributed by atoms with E-state index < -0.39 is 10.2 Å². The van der Waals surface area contributed by atoms with Crippen molar-refractivity contribution in [1.82, 2.24) is 18.8 Å². The van der Waals surface area contributed by atoms with Crippen molar-refractivity contribution in [2.75, 3.05) is 14.1 Å². The first-order chi connectivity index (χ1) is 11.4. The number of hydrogen-bond donors (Lipinski definition) is 1. The molecule has 1 heterocycles. The molecule has 0 aliphatic heterocycles. The van der Waals surface area contributed by atoms with Gasteiger partial charge in [0.1, 0.15) is 0 Å². The van der Waals surface area contributed by atoms with E-state index in [4.69, 9.17) is 0 Å². The van der Waals surface area contributed by atoms with Gasteiger partial charge in [0.05, 0.1) is 23.7 Å². The van der Waals surface area contributed by atoms with Gasteiger partial charge in [-0.2, -0.15) is 22.5 Å². The maximum atomic E-state index is 12.7. The molecule has 1 aliphatic rings. The summed E-state index contributed by atoms with van der Waals surface area (Å²) in [5.74, 6) is 0. The molecule has 1 fully saturated rings. The lowest BCUT2D eigenvalue weighted by atomic mass is 10.1. The fourth-order valence-electron chi connectivity index (χ4n) is 3.09. The quantitative estimate of drug-likeness (QED) is 0.883. The largest absolute Gasteiger partial charge is 0.279 e. The number of benzene rings is 1. The summed E-state index contributed by atoms with van der Waals surface area (Å²) in [6.07, 6.45) is 4.06. The summed E-state index contributed by atoms with van der Waals surface area (Å²) in [6, 6.07) is 7.33. The molecule has 0 spiro atoms. The van der Waals surface area contributed by atoms with E-state index in [0.717, 1.165) is 30.0 Å². The Bertz CT molecular complexity index is 899. The van der Waals surface area contributed by atoms with Crippen LogP contribution in [0.1, 0.15) is 37.4 Å². The zero-order valence-corrected chi connectivity index (χ0v) is 14.7. The second-order valence-electron chi connectivity index (χ2n) is 6.29. The lowest BCUT2D eigenvalue weighted by Crippen LogP contribution is -2.36. The SMILES string of the molecule is CN(C)S(=O)(=O)NCc1nn(C2CCCC2)c(=O)c2ccccc12. The minimum atomic E-state index is -3.55. The Morgan fingerprint density at radius 1 is 1.21 bits per heavy atom. The molecule has 0 atom stereocenters. The van der Waals surface area contributed by atoms with Gasteiger partial charge in [0.25, 0.3) is 15.8 Å². The fourth-order valence-corrected chi connectivity index (χ4v) is 3.67. The molecule has 0 amide bonds. The zero-order valence-electron chi connectivity index (χ0n) is 13.9. The summed E-state index contributed by atoms with van der Waals surface area (Å²) in [6.45, 7) is 0.0496. The Labute approximate surface area is 141 Å². The molecule has 0 unspecified atom stereocenters. The van der Waals surface area contributed by atoms with Gasteiger partial charge in [0.15, 0.2) is 0 Å². The van der Waals surface area contributed by atoms with Crippen LogP contribution >= 0.6 is 0 Å². The monoisotopic (exact) mass is 350 g/mol. The van der Waals surface area contributed by atoms with Gasteiger partial charge in [0.2, 0.25) is 0 Å². The molecular formula is C16H22N4O3S. The van der Waals surface area contributed by atoms with Crippen molar-refractivity contribution in [3.05, 3.63) is 40.3 Å². The predicted octanol–water partition coefficient (Wildman–Crippen LogP) is 1.41. The molecule has 24 heavy (non-hydrogen) atoms. The topological polar surface area (TPSA) is 84.3 Å². The van der Waals surface area contributed by atoms with Crippen molar-refractivity contribution in [3.8, 4) is 0 Å². The lowest BCUT2D eigenvalue weighted by molar-refractivity contribution is 0.440. The van der Waals surface area contributed by atoms with Gasteiger partial charge in [-0.05, 0) is 18.9 Å². The van der Waals surface area contributed by atoms with Crippen LogP contribution in [0.4, 0.5) is 0 Å². The first-order valence-corrected chi connectivity index (χ1v) is 9.52. The van der Waals surface area contributed by atoms with E-state index >= 15 is 0 Å². The van der Waals surface area contributed by atoms with Crippen molar-refractivity contribution in [1.29, 1.82) is 0 Å². The lowest BCUT2D eigenvalue weighted by Gasteiger charge is -2.17. The van der Waals surface area contributed by atoms with Crippen LogP contribution in [-0.4, -0.2) is 36.6 Å². The van der Waals surface area contributed by atoms with E-state index in [0.29, 0.717) is 16.5 Å². The number of nitrogens with zero attached hydrogens (tertiary/aromatic N) is 3. The van der Waals surface area contributed by atoms with Crippen LogP contribution in [0.2, 0.25) is 0 Å². The molecule has 0 radical (unpaired) electrons. The first kappa shape index (κ1) is 17.1. The molecule has 130 valence electrons. The Kier molecular flexibility index (Phi) is 4.71. The molecule has 1 N–H and O–H groups in total. The number of nitrogens with one attached hydrogen (secondary N) is 1. The first-order valence-electron chi connectivity index (χ1n) is 8.07. The summed E-state index contributed by atoms with van der Waals surface area (Å²) >= 11 is 0. The molecular weight excluding hydrogens is 328 g/mol. The van der Waals surface area contributed by atoms with Crippen molar-refractivity contribution in [2.24, 2.45) is 0 Å². The fraction of sp³-hybridized carbons (Fsp3) is 0.500. The third-order valence-corrected chi connectivity index (χ3v) is 5.95. The van der Waals surface area contributed by atoms with Crippen molar-refractivity contribution < 1.29 is 8.42 Å². The molecule has 0 saturated heterocycles. The second-order valence-corrected chi connectivity index (χ2v) is 8.26. The molecule has 1 aliphatic carbocycles. The van der Waals surface area contributed by atoms with E-state index in [1.165, 1.54) is 14.1 Å². The molecule has 1 saturated carbocycles. The Morgan fingerprint density at radius 3 is 2.46 bits per heavy atom. The summed E-state index contributed by atoms with van der Waals surface area (Å²) in [7, 11) is -0.620. The Balaban J connectivity index is 2.06. The van der Waals surface area contributed by atoms with Crippen LogP contribution in [-0.2, 0) is 16.8 Å². The van der Waals surface area contributed by atoms with E-state index in [-0.39, 0.29) is 18.1 Å². The average molecular weight is 350 g/mol. The molecule has 1 aromatic carbocycles. The molecule has 2 aromatic rings. The minimum Gasteiger partial charge on any atom is -0.267 e. The van der Waals surface area contributed by atoms with Crippen LogP contribution in [0, 0.1) is 0 Å². The highest BCUT2D eigenvalue weighted by Gasteiger charge is 2.22. The summed E-state index contributed by atoms with van der Waals surface area (Å²) in [5.41, 5.74) is 0.472. The molecule has 3 rings (SSSR count). The van der Waals surface area contributed by atoms with Gasteiger partial charge in [-0.25, -0.2) is 4.68 Å². The molecule has 0 bridgehead atoms. The Morgan fingerprint density at radius 2 is 1.83 bits per heavy atom. The van der Waals surface area contributed by atoms with Gasteiger partial charge < -0.3 is 0 Å². The number of rotatable bonds is 5. The van der Waals surface area contributed by atoms with Crippen molar-refractivity contribution >= 4 is 21.0 Å². The van der Waals surface area contributed by atoms with E-state index in [2.05, 4.69) is 9.82 Å². The van der Waals surface area contributed by atoms with Crippen LogP contribution < -0.4 is 10.3 Å². The molecule has 8 heteroatoms. The van der Waals surface area contributed by atoms with Crippen LogP contribution in [0.25, 0.3) is 10.8 Å². The van der Waals surface area contributed by atoms with Gasteiger partial charge in [-0.15, -0.1) is 0 Å². The third kappa shape index (κ3) is 3.22. The zero-order chi connectivity index (χ0) is 17.3. The number of hydrogen-bond acceptors (Lipinski definition) is 4. The van der Waals surface area contributed by atoms with E-state index in [9.17, 15) is 13.2 Å². The molecule has 7 nitrogen and oxygen atoms in total. The van der Waals surface area contributed by atoms with Crippen LogP contribution in [0.15, 0.2) is 29.1 Å². The highest BCUT2D eigenvalue weighted by molar-refractivity contribution is 7.87. The minimum absolute atomic E-state index is 0.0496. The van der Waals surface area contributed by atoms with E-state index in [1.54, 1.807) is 10.7 Å². The van der Waals surface area contributed by atoms with Gasteiger partial charge >= 0.3 is 0 Å². The number of fused-ring (bicyclic) bond motifs is 1. The predicted molar refractivity (Wildman–Crippen MR) is 93.0 cm³/mol. The van der Waals surface area contributed by atoms with Gasteiger partial charge in [-0.3, -0.25) is 4.79 Å². The average Bonchev–Trinajstić information content (AvgIpc) is 3.08. The summed E-state index contributed by atoms with van der Waals surface area (Å²) in [5, 5.41) is 5.78. The normalized spacial score (nSPS) is 16.3. The molecule has 1 aromatic heterocycles. The second kappa shape index (κ2) is 6.62. The smallest absolute Gasteiger partial charge is 0.267 e. The van der Waals surface area contributed by atoms with Crippen LogP contribution in [0.5, 0.6) is 0 Å². The summed E-state index contributed by atoms with van der Waals surface area (Å²) < 4.78 is 29.1.